The molecule has 7 atom stereocenters. The second-order valence-electron chi connectivity index (χ2n) is 27.1. The summed E-state index contributed by atoms with van der Waals surface area (Å²) in [6, 6.07) is 14.4. The molecule has 0 aromatic heterocycles. The van der Waals surface area contributed by atoms with Crippen molar-refractivity contribution in [3.8, 4) is 11.8 Å². The van der Waals surface area contributed by atoms with Crippen molar-refractivity contribution in [3.05, 3.63) is 119 Å². The van der Waals surface area contributed by atoms with Crippen LogP contribution in [0.25, 0.3) is 0 Å². The van der Waals surface area contributed by atoms with E-state index in [9.17, 15) is 42.7 Å². The number of allylic oxidation sites excluding steroid dienone is 6. The molecule has 0 saturated carbocycles. The van der Waals surface area contributed by atoms with Crippen molar-refractivity contribution in [3.63, 3.8) is 0 Å². The number of hydrogen-bond donors (Lipinski definition) is 8. The molecular weight excluding hydrogens is 1590 g/mol. The number of nitrogens with two attached hydrogens (primary N) is 1. The number of amides is 3. The fraction of sp³-hybridized carbons (Fsp3) is 0.586. The highest BCUT2D eigenvalue weighted by molar-refractivity contribution is 8.77. The van der Waals surface area contributed by atoms with Gasteiger partial charge in [-0.3, -0.25) is 28.9 Å². The largest absolute Gasteiger partial charge is 0.490 e. The number of para-hydroxylation sites is 1. The number of ether oxygens (including phenoxy) is 7. The third-order valence-electron chi connectivity index (χ3n) is 17.5. The zero-order valence-corrected chi connectivity index (χ0v) is 70.0. The van der Waals surface area contributed by atoms with Crippen LogP contribution in [0, 0.1) is 18.8 Å². The van der Waals surface area contributed by atoms with Crippen LogP contribution in [0.2, 0.25) is 0 Å². The van der Waals surface area contributed by atoms with Gasteiger partial charge in [0.1, 0.15) is 24.4 Å². The number of phosphoric acid groups is 3. The standard InChI is InChI=1S/C70H103N8O21P3S4.O3S/c1-10-75-55-26-19-18-25-53(55)69(6,7)59(75)27-14-12-15-28-60-70(8,9)54-44-51(3)31-32-56(54)76(60)36-21-13-16-29-62(79)72-34-40-90-42-43-91-41-35-73-67(82)94-39-33-68(4,5)105-104-49-92-37-22-23-38-93-64(80)30-20-17-24-52-46-77(78-47-61(71)74-66(81)65(52)78)63-45-57(95-50-106(103)11-2)58(97-63)48-96-101(86,87)99-102(88,89)98-100(83,84)85;1-4(2)3/h12,14-15,18-19,25-28,31-32,44,46-47,57-58,63,65H,10-11,13,16,20-23,29-30,33-43,45,48-50,71H2,1-9H3,(H6-,72,73,74,79,81,82,83,84,85,86,87,88,89);/p+1/t57-,58+,63+,65?,106?;/m0./s1. The van der Waals surface area contributed by atoms with E-state index in [1.165, 1.54) is 61.9 Å². The minimum Gasteiger partial charge on any atom is -0.466 e. The number of alkyl carbamates (subject to hydrolysis) is 1. The molecule has 9 N–H and O–H groups in total. The molecular formula is C70H104N8O24P3S5+. The predicted octanol–water partition coefficient (Wildman–Crippen LogP) is 8.82. The number of esters is 1. The van der Waals surface area contributed by atoms with Gasteiger partial charge in [-0.25, -0.2) is 18.5 Å². The first-order valence-electron chi connectivity index (χ1n) is 35.8. The first kappa shape index (κ1) is 93.2. The summed E-state index contributed by atoms with van der Waals surface area (Å²) in [5.41, 5.74) is 15.1. The maximum atomic E-state index is 13.3. The van der Waals surface area contributed by atoms with Gasteiger partial charge in [0.2, 0.25) is 11.6 Å². The minimum absolute atomic E-state index is 0.00106. The molecule has 5 aliphatic rings. The smallest absolute Gasteiger partial charge is 0.466 e. The number of unbranched alkanes of at least 4 members (excludes halogenated alkanes) is 3. The van der Waals surface area contributed by atoms with Crippen LogP contribution in [0.15, 0.2) is 102 Å². The second-order valence-corrected chi connectivity index (χ2v) is 38.0. The van der Waals surface area contributed by atoms with E-state index in [2.05, 4.69) is 174 Å². The Hall–Kier alpha value is -5.65. The van der Waals surface area contributed by atoms with Crippen molar-refractivity contribution < 1.29 is 116 Å². The van der Waals surface area contributed by atoms with Crippen LogP contribution in [0.3, 0.4) is 0 Å². The molecule has 110 heavy (non-hydrogen) atoms. The Labute approximate surface area is 659 Å². The van der Waals surface area contributed by atoms with Crippen LogP contribution < -0.4 is 26.6 Å². The van der Waals surface area contributed by atoms with E-state index in [4.69, 9.17) is 77.0 Å². The number of hydrogen-bond acceptors (Lipinski definition) is 27. The second kappa shape index (κ2) is 44.9. The summed E-state index contributed by atoms with van der Waals surface area (Å²) >= 11 is 5.40. The van der Waals surface area contributed by atoms with Gasteiger partial charge in [-0.1, -0.05) is 112 Å². The van der Waals surface area contributed by atoms with Crippen molar-refractivity contribution in [1.29, 1.82) is 0 Å². The average Bonchev–Trinajstić information content (AvgIpc) is 1.61. The first-order valence-corrected chi connectivity index (χ1v) is 46.1. The highest BCUT2D eigenvalue weighted by Gasteiger charge is 2.49. The Morgan fingerprint density at radius 1 is 0.836 bits per heavy atom. The van der Waals surface area contributed by atoms with Crippen molar-refractivity contribution in [1.82, 2.24) is 26.0 Å². The molecule has 0 spiro atoms. The number of benzene rings is 2. The van der Waals surface area contributed by atoms with Crippen molar-refractivity contribution in [2.45, 2.75) is 167 Å². The fourth-order valence-corrected chi connectivity index (χ4v) is 18.2. The number of phosphoric ester groups is 1. The van der Waals surface area contributed by atoms with Gasteiger partial charge < -0.3 is 79.3 Å². The van der Waals surface area contributed by atoms with E-state index in [1.54, 1.807) is 21.6 Å². The van der Waals surface area contributed by atoms with Gasteiger partial charge in [0, 0.05) is 97.4 Å². The molecule has 5 heterocycles. The van der Waals surface area contributed by atoms with Crippen LogP contribution in [0.5, 0.6) is 0 Å². The van der Waals surface area contributed by atoms with Gasteiger partial charge in [-0.15, -0.1) is 12.6 Å². The molecule has 2 aromatic carbocycles. The van der Waals surface area contributed by atoms with Gasteiger partial charge in [0.25, 0.3) is 5.91 Å². The predicted molar refractivity (Wildman–Crippen MR) is 421 cm³/mol. The fourth-order valence-electron chi connectivity index (χ4n) is 12.2. The van der Waals surface area contributed by atoms with Gasteiger partial charge in [0.15, 0.2) is 18.0 Å². The summed E-state index contributed by atoms with van der Waals surface area (Å²) in [6.07, 6.45) is 15.5. The molecule has 1 fully saturated rings. The normalized spacial score (nSPS) is 20.2. The van der Waals surface area contributed by atoms with Crippen LogP contribution in [0.4, 0.5) is 16.2 Å². The lowest BCUT2D eigenvalue weighted by molar-refractivity contribution is -0.438. The number of aryl methyl sites for hydroxylation is 1. The number of carbonyl (C=O) groups is 4. The Morgan fingerprint density at radius 3 is 2.25 bits per heavy atom. The summed E-state index contributed by atoms with van der Waals surface area (Å²) in [5, 5.41) is 11.2. The van der Waals surface area contributed by atoms with E-state index in [-0.39, 0.29) is 78.9 Å². The summed E-state index contributed by atoms with van der Waals surface area (Å²) in [4.78, 5) is 90.8. The molecule has 0 bridgehead atoms. The molecule has 7 rings (SSSR count). The van der Waals surface area contributed by atoms with E-state index in [0.29, 0.717) is 75.9 Å². The van der Waals surface area contributed by atoms with E-state index in [1.807, 2.05) is 6.92 Å². The molecule has 612 valence electrons. The third kappa shape index (κ3) is 30.6. The third-order valence-corrected chi connectivity index (χ3v) is 26.4. The van der Waals surface area contributed by atoms with Gasteiger partial charge >= 0.3 is 46.1 Å². The number of nitrogens with zero attached hydrogens (tertiary/aromatic N) is 4. The number of hydrazine groups is 1. The van der Waals surface area contributed by atoms with Crippen LogP contribution in [-0.2, 0) is 116 Å². The Balaban J connectivity index is 0.00000460. The molecule has 32 nitrogen and oxygen atoms in total. The Morgan fingerprint density at radius 2 is 1.55 bits per heavy atom. The van der Waals surface area contributed by atoms with Gasteiger partial charge in [-0.2, -0.15) is 13.2 Å². The zero-order chi connectivity index (χ0) is 80.9. The molecule has 2 aromatic rings. The number of likely N-dealkylation sites (N-methyl/N-ethyl adjacent to an activating group) is 1. The molecule has 5 aliphatic heterocycles. The average molecular weight is 1690 g/mol. The van der Waals surface area contributed by atoms with Crippen molar-refractivity contribution in [2.24, 2.45) is 5.73 Å². The number of fused-ring (bicyclic) bond motifs is 3. The maximum absolute atomic E-state index is 13.3. The molecule has 40 heteroatoms. The molecule has 3 amide bonds. The van der Waals surface area contributed by atoms with Crippen LogP contribution in [0.1, 0.15) is 136 Å². The lowest BCUT2D eigenvalue weighted by atomic mass is 9.81. The summed E-state index contributed by atoms with van der Waals surface area (Å²) < 4.78 is 116. The molecule has 1 saturated heterocycles. The van der Waals surface area contributed by atoms with Crippen LogP contribution in [-0.4, -0.2) is 202 Å². The maximum Gasteiger partial charge on any atom is 0.490 e. The Bertz CT molecular complexity index is 4050. The summed E-state index contributed by atoms with van der Waals surface area (Å²) in [7, 11) is -17.5. The molecule has 0 aliphatic carbocycles. The molecule has 4 unspecified atom stereocenters. The van der Waals surface area contributed by atoms with Crippen molar-refractivity contribution >= 4 is 117 Å². The highest BCUT2D eigenvalue weighted by atomic mass is 33.1. The minimum atomic E-state index is -5.79. The SMILES string of the molecule is CCN1\C(=C/C=C/C=C/C2=[N+](CCCCCC(=O)NCCOCCOCCNC(=O)OCCC(C)(C)SSCOCCCCOC(=O)CCC#CC3=CN([C@H]4C[C@H](OCS(=S)CC)[C@@H](COP(=O)(O)OP(=O)(O)OP(=O)(O)O)O4)N4C=C(N)NC(=O)C34)c3ccc(C)cc3C2(C)C)C(C)(C)c2ccccc21.O=S(=O)=O. The lowest BCUT2D eigenvalue weighted by Crippen LogP contribution is -2.54. The van der Waals surface area contributed by atoms with Crippen LogP contribution >= 0.6 is 45.1 Å². The van der Waals surface area contributed by atoms with E-state index < -0.39 is 92.6 Å². The first-order chi connectivity index (χ1) is 52.0. The number of carbonyl (C=O) groups excluding carboxylic acids is 4. The number of anilines is 1. The number of nitrogens with one attached hydrogen (secondary N) is 3. The molecule has 0 radical (unpaired) electrons. The number of rotatable bonds is 45. The van der Waals surface area contributed by atoms with E-state index in [0.717, 1.165) is 32.4 Å². The van der Waals surface area contributed by atoms with Gasteiger partial charge in [-0.05, 0) is 114 Å². The Kier molecular flexibility index (Phi) is 38.0. The lowest BCUT2D eigenvalue weighted by Gasteiger charge is -2.37. The highest BCUT2D eigenvalue weighted by Crippen LogP contribution is 2.66. The topological polar surface area (TPSA) is 419 Å². The van der Waals surface area contributed by atoms with Crippen molar-refractivity contribution in [2.75, 3.05) is 102 Å². The summed E-state index contributed by atoms with van der Waals surface area (Å²) in [6.45, 7) is 23.4. The quantitative estimate of drug-likeness (QED) is 0.00448. The summed E-state index contributed by atoms with van der Waals surface area (Å²) in [5.74, 6) is 6.00. The zero-order valence-electron chi connectivity index (χ0n) is 63.3. The van der Waals surface area contributed by atoms with E-state index >= 15 is 0 Å². The van der Waals surface area contributed by atoms with Gasteiger partial charge in [0.05, 0.1) is 81.9 Å². The monoisotopic (exact) mass is 1690 g/mol.